The van der Waals surface area contributed by atoms with Gasteiger partial charge in [0.25, 0.3) is 0 Å². The minimum Gasteiger partial charge on any atom is -0.391 e. The second kappa shape index (κ2) is 5.51. The van der Waals surface area contributed by atoms with Crippen LogP contribution in [0.25, 0.3) is 0 Å². The van der Waals surface area contributed by atoms with Gasteiger partial charge in [-0.1, -0.05) is 6.92 Å². The fraction of sp³-hybridized carbons (Fsp3) is 0.462. The first-order valence-corrected chi connectivity index (χ1v) is 7.84. The fourth-order valence-electron chi connectivity index (χ4n) is 2.18. The molecule has 20 heavy (non-hydrogen) atoms. The van der Waals surface area contributed by atoms with Crippen molar-refractivity contribution >= 4 is 15.9 Å². The van der Waals surface area contributed by atoms with Gasteiger partial charge >= 0.3 is 0 Å². The van der Waals surface area contributed by atoms with Crippen LogP contribution in [0.15, 0.2) is 29.2 Å². The van der Waals surface area contributed by atoms with Gasteiger partial charge in [0, 0.05) is 18.7 Å². The van der Waals surface area contributed by atoms with Gasteiger partial charge in [-0.05, 0) is 36.6 Å². The lowest BCUT2D eigenvalue weighted by Gasteiger charge is -2.33. The maximum atomic E-state index is 12.4. The molecule has 0 saturated carbocycles. The molecular formula is C13H18N2O4S. The van der Waals surface area contributed by atoms with Crippen LogP contribution < -0.4 is 5.73 Å². The highest BCUT2D eigenvalue weighted by Gasteiger charge is 2.32. The Morgan fingerprint density at radius 1 is 1.35 bits per heavy atom. The number of amides is 1. The smallest absolute Gasteiger partial charge is 0.248 e. The molecular weight excluding hydrogens is 280 g/mol. The molecule has 2 unspecified atom stereocenters. The number of hydrogen-bond acceptors (Lipinski definition) is 4. The Morgan fingerprint density at radius 2 is 1.95 bits per heavy atom. The third-order valence-electron chi connectivity index (χ3n) is 3.66. The average molecular weight is 298 g/mol. The average Bonchev–Trinajstić information content (AvgIpc) is 2.41. The normalized spacial score (nSPS) is 24.5. The summed E-state index contributed by atoms with van der Waals surface area (Å²) in [4.78, 5) is 11.1. The van der Waals surface area contributed by atoms with Crippen molar-refractivity contribution in [3.8, 4) is 0 Å². The molecule has 1 heterocycles. The first-order chi connectivity index (χ1) is 9.32. The van der Waals surface area contributed by atoms with Gasteiger partial charge in [-0.25, -0.2) is 8.42 Å². The number of β-amino-alcohol motifs (C(OH)–C–C–N with tert-alkyl or cyclic N) is 1. The van der Waals surface area contributed by atoms with Crippen LogP contribution in [0.2, 0.25) is 0 Å². The Kier molecular flexibility index (Phi) is 4.12. The van der Waals surface area contributed by atoms with Crippen molar-refractivity contribution in [2.45, 2.75) is 24.3 Å². The van der Waals surface area contributed by atoms with E-state index in [-0.39, 0.29) is 22.9 Å². The summed E-state index contributed by atoms with van der Waals surface area (Å²) in [7, 11) is -3.64. The summed E-state index contributed by atoms with van der Waals surface area (Å²) in [6.07, 6.45) is -0.0248. The minimum atomic E-state index is -3.64. The maximum Gasteiger partial charge on any atom is 0.248 e. The summed E-state index contributed by atoms with van der Waals surface area (Å²) in [5.74, 6) is -0.505. The molecule has 1 aliphatic heterocycles. The number of aliphatic hydroxyl groups is 1. The number of carbonyl (C=O) groups is 1. The molecule has 1 aliphatic rings. The molecule has 2 rings (SSSR count). The summed E-state index contributed by atoms with van der Waals surface area (Å²) in [6, 6.07) is 5.50. The van der Waals surface area contributed by atoms with E-state index in [0.717, 1.165) is 0 Å². The molecule has 0 bridgehead atoms. The Hall–Kier alpha value is -1.44. The van der Waals surface area contributed by atoms with E-state index in [1.807, 2.05) is 6.92 Å². The van der Waals surface area contributed by atoms with Gasteiger partial charge in [0.05, 0.1) is 11.0 Å². The third-order valence-corrected chi connectivity index (χ3v) is 5.54. The topological polar surface area (TPSA) is 101 Å². The Morgan fingerprint density at radius 3 is 2.45 bits per heavy atom. The van der Waals surface area contributed by atoms with Crippen LogP contribution in [0.3, 0.4) is 0 Å². The summed E-state index contributed by atoms with van der Waals surface area (Å²) < 4.78 is 26.1. The van der Waals surface area contributed by atoms with Crippen LogP contribution in [0.4, 0.5) is 0 Å². The van der Waals surface area contributed by atoms with Crippen molar-refractivity contribution < 1.29 is 18.3 Å². The van der Waals surface area contributed by atoms with Gasteiger partial charge in [0.15, 0.2) is 0 Å². The van der Waals surface area contributed by atoms with Crippen LogP contribution in [0, 0.1) is 5.92 Å². The standard InChI is InChI=1S/C13H18N2O4S/c1-9-6-7-15(8-12(9)16)20(18,19)11-4-2-10(3-5-11)13(14)17/h2-5,9,12,16H,6-8H2,1H3,(H2,14,17). The van der Waals surface area contributed by atoms with Crippen molar-refractivity contribution in [2.24, 2.45) is 11.7 Å². The van der Waals surface area contributed by atoms with E-state index in [4.69, 9.17) is 5.73 Å². The number of carbonyl (C=O) groups excluding carboxylic acids is 1. The monoisotopic (exact) mass is 298 g/mol. The molecule has 0 aromatic heterocycles. The number of primary amides is 1. The molecule has 110 valence electrons. The number of benzene rings is 1. The highest BCUT2D eigenvalue weighted by molar-refractivity contribution is 7.89. The van der Waals surface area contributed by atoms with Crippen molar-refractivity contribution in [3.05, 3.63) is 29.8 Å². The van der Waals surface area contributed by atoms with Crippen molar-refractivity contribution in [1.82, 2.24) is 4.31 Å². The number of nitrogens with two attached hydrogens (primary N) is 1. The van der Waals surface area contributed by atoms with Crippen LogP contribution in [-0.4, -0.2) is 42.9 Å². The van der Waals surface area contributed by atoms with Gasteiger partial charge in [0.1, 0.15) is 0 Å². The lowest BCUT2D eigenvalue weighted by Crippen LogP contribution is -2.45. The maximum absolute atomic E-state index is 12.4. The quantitative estimate of drug-likeness (QED) is 0.831. The molecule has 6 nitrogen and oxygen atoms in total. The number of aliphatic hydroxyl groups excluding tert-OH is 1. The van der Waals surface area contributed by atoms with Gasteiger partial charge in [0.2, 0.25) is 15.9 Å². The highest BCUT2D eigenvalue weighted by Crippen LogP contribution is 2.23. The lowest BCUT2D eigenvalue weighted by atomic mass is 9.98. The Labute approximate surface area is 118 Å². The molecule has 1 aromatic rings. The molecule has 0 spiro atoms. The van der Waals surface area contributed by atoms with Crippen LogP contribution in [0.5, 0.6) is 0 Å². The summed E-state index contributed by atoms with van der Waals surface area (Å²) >= 11 is 0. The van der Waals surface area contributed by atoms with Gasteiger partial charge in [-0.2, -0.15) is 4.31 Å². The van der Waals surface area contributed by atoms with Crippen LogP contribution in [-0.2, 0) is 10.0 Å². The zero-order chi connectivity index (χ0) is 14.9. The van der Waals surface area contributed by atoms with E-state index in [9.17, 15) is 18.3 Å². The number of rotatable bonds is 3. The molecule has 2 atom stereocenters. The van der Waals surface area contributed by atoms with E-state index in [1.54, 1.807) is 0 Å². The zero-order valence-electron chi connectivity index (χ0n) is 11.2. The van der Waals surface area contributed by atoms with Crippen molar-refractivity contribution in [1.29, 1.82) is 0 Å². The SMILES string of the molecule is CC1CCN(S(=O)(=O)c2ccc(C(N)=O)cc2)CC1O. The molecule has 1 saturated heterocycles. The van der Waals surface area contributed by atoms with E-state index in [2.05, 4.69) is 0 Å². The summed E-state index contributed by atoms with van der Waals surface area (Å²) in [6.45, 7) is 2.38. The molecule has 0 aliphatic carbocycles. The van der Waals surface area contributed by atoms with Crippen molar-refractivity contribution in [3.63, 3.8) is 0 Å². The van der Waals surface area contributed by atoms with E-state index < -0.39 is 22.0 Å². The highest BCUT2D eigenvalue weighted by atomic mass is 32.2. The lowest BCUT2D eigenvalue weighted by molar-refractivity contribution is 0.0605. The molecule has 3 N–H and O–H groups in total. The summed E-state index contributed by atoms with van der Waals surface area (Å²) in [5, 5.41) is 9.81. The molecule has 1 amide bonds. The van der Waals surface area contributed by atoms with Gasteiger partial charge < -0.3 is 10.8 Å². The third kappa shape index (κ3) is 2.84. The Bertz CT molecular complexity index is 597. The van der Waals surface area contributed by atoms with Gasteiger partial charge in [-0.15, -0.1) is 0 Å². The van der Waals surface area contributed by atoms with Gasteiger partial charge in [-0.3, -0.25) is 4.79 Å². The molecule has 1 fully saturated rings. The number of sulfonamides is 1. The minimum absolute atomic E-state index is 0.0960. The zero-order valence-corrected chi connectivity index (χ0v) is 12.0. The number of nitrogens with zero attached hydrogens (tertiary/aromatic N) is 1. The van der Waals surface area contributed by atoms with Crippen LogP contribution in [0.1, 0.15) is 23.7 Å². The number of piperidine rings is 1. The van der Waals surface area contributed by atoms with Crippen molar-refractivity contribution in [2.75, 3.05) is 13.1 Å². The molecule has 7 heteroatoms. The first kappa shape index (κ1) is 15.0. The largest absolute Gasteiger partial charge is 0.391 e. The predicted molar refractivity (Wildman–Crippen MR) is 73.5 cm³/mol. The second-order valence-electron chi connectivity index (χ2n) is 5.08. The number of hydrogen-bond donors (Lipinski definition) is 2. The second-order valence-corrected chi connectivity index (χ2v) is 7.02. The van der Waals surface area contributed by atoms with E-state index >= 15 is 0 Å². The first-order valence-electron chi connectivity index (χ1n) is 6.40. The summed E-state index contributed by atoms with van der Waals surface area (Å²) in [5.41, 5.74) is 5.38. The Balaban J connectivity index is 2.24. The molecule has 1 aromatic carbocycles. The fourth-order valence-corrected chi connectivity index (χ4v) is 3.65. The van der Waals surface area contributed by atoms with E-state index in [0.29, 0.717) is 13.0 Å². The molecule has 0 radical (unpaired) electrons. The van der Waals surface area contributed by atoms with E-state index in [1.165, 1.54) is 28.6 Å². The van der Waals surface area contributed by atoms with Crippen LogP contribution >= 0.6 is 0 Å². The predicted octanol–water partition coefficient (Wildman–Crippen LogP) is 0.177.